The number of hydrogen-bond acceptors (Lipinski definition) is 5. The van der Waals surface area contributed by atoms with Crippen LogP contribution in [-0.4, -0.2) is 42.1 Å². The van der Waals surface area contributed by atoms with Gasteiger partial charge in [0, 0.05) is 26.1 Å². The number of carbonyl (C=O) groups excluding carboxylic acids is 1. The van der Waals surface area contributed by atoms with E-state index in [0.29, 0.717) is 17.5 Å². The second kappa shape index (κ2) is 7.14. The van der Waals surface area contributed by atoms with Gasteiger partial charge in [0.2, 0.25) is 0 Å². The second-order valence-corrected chi connectivity index (χ2v) is 12.2. The molecule has 1 aromatic carbocycles. The fourth-order valence-electron chi connectivity index (χ4n) is 2.14. The average Bonchev–Trinajstić information content (AvgIpc) is 2.81. The maximum absolute atomic E-state index is 12.0. The normalized spacial score (nSPS) is 11.8. The van der Waals surface area contributed by atoms with Crippen LogP contribution in [0.5, 0.6) is 5.75 Å². The Kier molecular flexibility index (Phi) is 5.43. The number of nitrogens with zero attached hydrogens (tertiary/aromatic N) is 2. The Morgan fingerprint density at radius 1 is 1.35 bits per heavy atom. The summed E-state index contributed by atoms with van der Waals surface area (Å²) in [4.78, 5) is 12.0. The first-order valence-corrected chi connectivity index (χ1v) is 11.5. The molecule has 6 nitrogen and oxygen atoms in total. The van der Waals surface area contributed by atoms with Crippen LogP contribution in [0, 0.1) is 0 Å². The topological polar surface area (TPSA) is 73.6 Å². The maximum atomic E-state index is 12.0. The van der Waals surface area contributed by atoms with E-state index in [-0.39, 0.29) is 24.8 Å². The van der Waals surface area contributed by atoms with Crippen molar-refractivity contribution in [3.05, 3.63) is 23.9 Å². The van der Waals surface area contributed by atoms with Crippen LogP contribution < -0.4 is 0 Å². The largest absolute Gasteiger partial charge is 0.508 e. The Morgan fingerprint density at radius 2 is 2.09 bits per heavy atom. The fourth-order valence-corrected chi connectivity index (χ4v) is 2.90. The number of fused-ring (bicyclic) bond motifs is 1. The van der Waals surface area contributed by atoms with E-state index in [4.69, 9.17) is 9.47 Å². The van der Waals surface area contributed by atoms with Crippen molar-refractivity contribution >= 4 is 24.9 Å². The number of esters is 1. The number of hydrogen-bond donors (Lipinski definition) is 1. The molecule has 2 aromatic rings. The Labute approximate surface area is 137 Å². The van der Waals surface area contributed by atoms with Gasteiger partial charge < -0.3 is 14.6 Å². The number of aromatic nitrogens is 2. The lowest BCUT2D eigenvalue weighted by atomic mass is 10.2. The zero-order valence-corrected chi connectivity index (χ0v) is 15.1. The second-order valence-electron chi connectivity index (χ2n) is 6.62. The molecule has 0 aliphatic heterocycles. The van der Waals surface area contributed by atoms with E-state index in [1.54, 1.807) is 23.7 Å². The monoisotopic (exact) mass is 336 g/mol. The smallest absolute Gasteiger partial charge is 0.359 e. The van der Waals surface area contributed by atoms with Crippen LogP contribution in [-0.2, 0) is 16.2 Å². The highest BCUT2D eigenvalue weighted by Gasteiger charge is 2.19. The van der Waals surface area contributed by atoms with Crippen LogP contribution in [0.25, 0.3) is 10.9 Å². The number of phenolic OH excluding ortho intramolecular Hbond substituents is 1. The van der Waals surface area contributed by atoms with Crippen molar-refractivity contribution in [2.24, 2.45) is 0 Å². The molecule has 0 amide bonds. The number of phenols is 1. The summed E-state index contributed by atoms with van der Waals surface area (Å²) in [5, 5.41) is 14.6. The minimum absolute atomic E-state index is 0.121. The van der Waals surface area contributed by atoms with E-state index in [1.807, 2.05) is 0 Å². The number of ether oxygens (including phenoxy) is 2. The highest BCUT2D eigenvalue weighted by Crippen LogP contribution is 2.24. The van der Waals surface area contributed by atoms with Crippen molar-refractivity contribution in [2.75, 3.05) is 13.2 Å². The van der Waals surface area contributed by atoms with Crippen molar-refractivity contribution in [1.29, 1.82) is 0 Å². The molecule has 1 heterocycles. The number of benzene rings is 1. The summed E-state index contributed by atoms with van der Waals surface area (Å²) in [6.45, 7) is 9.80. The minimum atomic E-state index is -1.15. The molecule has 2 rings (SSSR count). The van der Waals surface area contributed by atoms with Gasteiger partial charge in [-0.15, -0.1) is 0 Å². The van der Waals surface area contributed by atoms with Crippen LogP contribution in [0.4, 0.5) is 0 Å². The van der Waals surface area contributed by atoms with Gasteiger partial charge in [0.1, 0.15) is 12.5 Å². The van der Waals surface area contributed by atoms with E-state index < -0.39 is 14.0 Å². The molecule has 0 aliphatic carbocycles. The maximum Gasteiger partial charge on any atom is 0.359 e. The fraction of sp³-hybridized carbons (Fsp3) is 0.500. The summed E-state index contributed by atoms with van der Waals surface area (Å²) in [7, 11) is -1.15. The van der Waals surface area contributed by atoms with Crippen LogP contribution in [0.3, 0.4) is 0 Å². The van der Waals surface area contributed by atoms with E-state index in [0.717, 1.165) is 6.04 Å². The SMILES string of the molecule is CCOC(=O)c1nn(COCC[Si](C)(C)C)c2cc(O)ccc12. The van der Waals surface area contributed by atoms with E-state index >= 15 is 0 Å². The van der Waals surface area contributed by atoms with Crippen molar-refractivity contribution in [3.8, 4) is 5.75 Å². The molecule has 0 saturated carbocycles. The minimum Gasteiger partial charge on any atom is -0.508 e. The summed E-state index contributed by atoms with van der Waals surface area (Å²) in [6, 6.07) is 5.83. The van der Waals surface area contributed by atoms with Crippen LogP contribution >= 0.6 is 0 Å². The van der Waals surface area contributed by atoms with Crippen LogP contribution in [0.2, 0.25) is 25.7 Å². The van der Waals surface area contributed by atoms with Gasteiger partial charge in [-0.05, 0) is 25.1 Å². The molecule has 7 heteroatoms. The zero-order chi connectivity index (χ0) is 17.0. The first kappa shape index (κ1) is 17.5. The molecule has 0 saturated heterocycles. The first-order valence-electron chi connectivity index (χ1n) is 7.76. The molecular formula is C16H24N2O4Si. The molecule has 0 fully saturated rings. The number of carbonyl (C=O) groups is 1. The highest BCUT2D eigenvalue weighted by atomic mass is 28.3. The van der Waals surface area contributed by atoms with Gasteiger partial charge in [-0.3, -0.25) is 0 Å². The van der Waals surface area contributed by atoms with E-state index in [1.165, 1.54) is 6.07 Å². The van der Waals surface area contributed by atoms with Gasteiger partial charge >= 0.3 is 5.97 Å². The van der Waals surface area contributed by atoms with Crippen molar-refractivity contribution < 1.29 is 19.4 Å². The number of aromatic hydroxyl groups is 1. The molecule has 0 spiro atoms. The molecule has 0 atom stereocenters. The molecule has 1 aromatic heterocycles. The third-order valence-electron chi connectivity index (χ3n) is 3.41. The summed E-state index contributed by atoms with van der Waals surface area (Å²) in [5.41, 5.74) is 0.900. The molecule has 23 heavy (non-hydrogen) atoms. The Hall–Kier alpha value is -1.86. The quantitative estimate of drug-likeness (QED) is 0.477. The lowest BCUT2D eigenvalue weighted by molar-refractivity contribution is 0.0513. The predicted molar refractivity (Wildman–Crippen MR) is 91.5 cm³/mol. The molecule has 126 valence electrons. The molecule has 0 unspecified atom stereocenters. The Bertz CT molecular complexity index is 691. The lowest BCUT2D eigenvalue weighted by Crippen LogP contribution is -2.22. The molecule has 0 radical (unpaired) electrons. The van der Waals surface area contributed by atoms with Crippen LogP contribution in [0.15, 0.2) is 18.2 Å². The number of rotatable bonds is 7. The van der Waals surface area contributed by atoms with Crippen molar-refractivity contribution in [1.82, 2.24) is 9.78 Å². The van der Waals surface area contributed by atoms with Crippen molar-refractivity contribution in [3.63, 3.8) is 0 Å². The third-order valence-corrected chi connectivity index (χ3v) is 5.12. The summed E-state index contributed by atoms with van der Waals surface area (Å²) in [5.74, 6) is -0.347. The van der Waals surface area contributed by atoms with Gasteiger partial charge in [-0.1, -0.05) is 19.6 Å². The Balaban J connectivity index is 2.21. The highest BCUT2D eigenvalue weighted by molar-refractivity contribution is 6.76. The lowest BCUT2D eigenvalue weighted by Gasteiger charge is -2.15. The summed E-state index contributed by atoms with van der Waals surface area (Å²) < 4.78 is 12.3. The van der Waals surface area contributed by atoms with Gasteiger partial charge in [0.05, 0.1) is 12.1 Å². The van der Waals surface area contributed by atoms with Crippen LogP contribution in [0.1, 0.15) is 17.4 Å². The van der Waals surface area contributed by atoms with Gasteiger partial charge in [-0.2, -0.15) is 5.10 Å². The van der Waals surface area contributed by atoms with Gasteiger partial charge in [0.25, 0.3) is 0 Å². The Morgan fingerprint density at radius 3 is 2.74 bits per heavy atom. The zero-order valence-electron chi connectivity index (χ0n) is 14.1. The van der Waals surface area contributed by atoms with E-state index in [9.17, 15) is 9.90 Å². The third kappa shape index (κ3) is 4.55. The van der Waals surface area contributed by atoms with Gasteiger partial charge in [0.15, 0.2) is 5.69 Å². The molecular weight excluding hydrogens is 312 g/mol. The van der Waals surface area contributed by atoms with Crippen molar-refractivity contribution in [2.45, 2.75) is 39.3 Å². The van der Waals surface area contributed by atoms with E-state index in [2.05, 4.69) is 24.7 Å². The summed E-state index contributed by atoms with van der Waals surface area (Å²) >= 11 is 0. The summed E-state index contributed by atoms with van der Waals surface area (Å²) in [6.07, 6.45) is 0. The molecule has 1 N–H and O–H groups in total. The molecule has 0 aliphatic rings. The molecule has 0 bridgehead atoms. The van der Waals surface area contributed by atoms with Gasteiger partial charge in [-0.25, -0.2) is 9.48 Å². The standard InChI is InChI=1S/C16H24N2O4Si/c1-5-22-16(20)15-13-7-6-12(19)10-14(13)18(17-15)11-21-8-9-23(2,3)4/h6-7,10,19H,5,8-9,11H2,1-4H3. The average molecular weight is 336 g/mol. The first-order chi connectivity index (χ1) is 10.8. The predicted octanol–water partition coefficient (Wildman–Crippen LogP) is 3.23.